The Bertz CT molecular complexity index is 1190. The zero-order chi connectivity index (χ0) is 20.4. The van der Waals surface area contributed by atoms with Crippen LogP contribution in [0.3, 0.4) is 0 Å². The van der Waals surface area contributed by atoms with Crippen molar-refractivity contribution in [1.29, 1.82) is 0 Å². The van der Waals surface area contributed by atoms with Crippen LogP contribution in [0.2, 0.25) is 0 Å². The molecule has 0 aliphatic carbocycles. The Balaban J connectivity index is 1.93. The first kappa shape index (κ1) is 19.2. The minimum absolute atomic E-state index is 0.127. The van der Waals surface area contributed by atoms with E-state index in [1.165, 1.54) is 0 Å². The van der Waals surface area contributed by atoms with Gasteiger partial charge in [0.25, 0.3) is 5.91 Å². The molecular formula is C24H18BrNO3. The lowest BCUT2D eigenvalue weighted by molar-refractivity contribution is 0.0963. The Morgan fingerprint density at radius 1 is 0.862 bits per heavy atom. The number of ether oxygens (including phenoxy) is 1. The van der Waals surface area contributed by atoms with E-state index in [1.807, 2.05) is 42.5 Å². The average molecular weight is 448 g/mol. The Labute approximate surface area is 176 Å². The molecule has 5 heteroatoms. The fraction of sp³-hybridized carbons (Fsp3) is 0.0833. The van der Waals surface area contributed by atoms with Gasteiger partial charge in [0.1, 0.15) is 5.75 Å². The summed E-state index contributed by atoms with van der Waals surface area (Å²) in [4.78, 5) is 26.7. The normalized spacial score (nSPS) is 10.8. The number of hydrogen-bond acceptors (Lipinski definition) is 3. The highest BCUT2D eigenvalue weighted by Gasteiger charge is 2.26. The van der Waals surface area contributed by atoms with Crippen LogP contribution in [0.1, 0.15) is 32.0 Å². The van der Waals surface area contributed by atoms with Crippen LogP contribution in [0.15, 0.2) is 78.9 Å². The van der Waals surface area contributed by atoms with Crippen LogP contribution in [-0.4, -0.2) is 23.4 Å². The van der Waals surface area contributed by atoms with Gasteiger partial charge >= 0.3 is 0 Å². The molecule has 144 valence electrons. The summed E-state index contributed by atoms with van der Waals surface area (Å²) in [7, 11) is 1.59. The molecule has 0 N–H and O–H groups in total. The van der Waals surface area contributed by atoms with Gasteiger partial charge < -0.3 is 4.74 Å². The predicted molar refractivity (Wildman–Crippen MR) is 117 cm³/mol. The molecule has 0 unspecified atom stereocenters. The Morgan fingerprint density at radius 3 is 2.17 bits per heavy atom. The number of rotatable bonds is 5. The van der Waals surface area contributed by atoms with Gasteiger partial charge in [-0.25, -0.2) is 0 Å². The van der Waals surface area contributed by atoms with Crippen molar-refractivity contribution >= 4 is 38.5 Å². The van der Waals surface area contributed by atoms with E-state index in [9.17, 15) is 9.59 Å². The largest absolute Gasteiger partial charge is 0.497 e. The molecule has 0 saturated carbocycles. The molecule has 4 nitrogen and oxygen atoms in total. The number of carbonyl (C=O) groups is 2. The number of benzene rings is 3. The van der Waals surface area contributed by atoms with Crippen LogP contribution >= 0.6 is 15.9 Å². The topological polar surface area (TPSA) is 48.3 Å². The average Bonchev–Trinajstić information content (AvgIpc) is 3.13. The second-order valence-corrected chi connectivity index (χ2v) is 7.10. The zero-order valence-electron chi connectivity index (χ0n) is 15.8. The maximum absolute atomic E-state index is 13.4. The van der Waals surface area contributed by atoms with Crippen molar-refractivity contribution in [2.24, 2.45) is 0 Å². The quantitative estimate of drug-likeness (QED) is 0.301. The highest BCUT2D eigenvalue weighted by Crippen LogP contribution is 2.31. The summed E-state index contributed by atoms with van der Waals surface area (Å²) >= 11 is 3.50. The van der Waals surface area contributed by atoms with Crippen molar-refractivity contribution in [3.05, 3.63) is 101 Å². The maximum Gasteiger partial charge on any atom is 0.262 e. The summed E-state index contributed by atoms with van der Waals surface area (Å²) in [6.45, 7) is 0. The first-order chi connectivity index (χ1) is 14.2. The summed E-state index contributed by atoms with van der Waals surface area (Å²) in [6, 6.07) is 23.6. The molecule has 3 aromatic carbocycles. The third-order valence-electron chi connectivity index (χ3n) is 4.90. The molecule has 0 saturated heterocycles. The van der Waals surface area contributed by atoms with Crippen LogP contribution in [0, 0.1) is 0 Å². The summed E-state index contributed by atoms with van der Waals surface area (Å²) in [6.07, 6.45) is 0. The van der Waals surface area contributed by atoms with Gasteiger partial charge in [-0.3, -0.25) is 14.2 Å². The van der Waals surface area contributed by atoms with E-state index in [0.717, 1.165) is 5.39 Å². The summed E-state index contributed by atoms with van der Waals surface area (Å²) < 4.78 is 6.82. The summed E-state index contributed by atoms with van der Waals surface area (Å²) in [5.41, 5.74) is 3.00. The molecule has 1 aromatic heterocycles. The molecule has 0 fully saturated rings. The lowest BCUT2D eigenvalue weighted by Gasteiger charge is -2.09. The van der Waals surface area contributed by atoms with E-state index in [2.05, 4.69) is 15.9 Å². The van der Waals surface area contributed by atoms with Gasteiger partial charge in [0.15, 0.2) is 5.78 Å². The highest BCUT2D eigenvalue weighted by atomic mass is 79.9. The van der Waals surface area contributed by atoms with Crippen LogP contribution < -0.4 is 4.74 Å². The van der Waals surface area contributed by atoms with E-state index in [1.54, 1.807) is 48.1 Å². The van der Waals surface area contributed by atoms with Crippen molar-refractivity contribution < 1.29 is 14.3 Å². The van der Waals surface area contributed by atoms with E-state index in [0.29, 0.717) is 39.0 Å². The first-order valence-electron chi connectivity index (χ1n) is 9.12. The molecule has 0 atom stereocenters. The van der Waals surface area contributed by atoms with Gasteiger partial charge in [-0.05, 0) is 42.5 Å². The number of methoxy groups -OCH3 is 1. The number of carbonyl (C=O) groups excluding carboxylic acids is 2. The van der Waals surface area contributed by atoms with Gasteiger partial charge in [0.2, 0.25) is 0 Å². The van der Waals surface area contributed by atoms with Crippen LogP contribution in [0.5, 0.6) is 5.75 Å². The number of fused-ring (bicyclic) bond motifs is 1. The lowest BCUT2D eigenvalue weighted by Crippen LogP contribution is -2.15. The van der Waals surface area contributed by atoms with Crippen LogP contribution in [0.4, 0.5) is 0 Å². The van der Waals surface area contributed by atoms with Crippen LogP contribution in [0.25, 0.3) is 10.9 Å². The third-order valence-corrected chi connectivity index (χ3v) is 5.43. The van der Waals surface area contributed by atoms with Gasteiger partial charge in [0, 0.05) is 27.5 Å². The third kappa shape index (κ3) is 3.38. The molecule has 4 aromatic rings. The Morgan fingerprint density at radius 2 is 1.52 bits per heavy atom. The fourth-order valence-corrected chi connectivity index (χ4v) is 4.03. The molecule has 4 rings (SSSR count). The number of ketones is 1. The van der Waals surface area contributed by atoms with Crippen LogP contribution in [-0.2, 0) is 5.33 Å². The van der Waals surface area contributed by atoms with Crippen molar-refractivity contribution in [1.82, 2.24) is 4.57 Å². The van der Waals surface area contributed by atoms with Crippen molar-refractivity contribution in [2.75, 3.05) is 7.11 Å². The fourth-order valence-electron chi connectivity index (χ4n) is 3.50. The molecule has 0 aliphatic heterocycles. The molecule has 0 bridgehead atoms. The summed E-state index contributed by atoms with van der Waals surface area (Å²) in [5, 5.41) is 1.13. The molecule has 0 aliphatic rings. The van der Waals surface area contributed by atoms with Gasteiger partial charge in [-0.15, -0.1) is 0 Å². The van der Waals surface area contributed by atoms with Gasteiger partial charge in [-0.2, -0.15) is 0 Å². The van der Waals surface area contributed by atoms with Gasteiger partial charge in [-0.1, -0.05) is 52.3 Å². The van der Waals surface area contributed by atoms with E-state index in [-0.39, 0.29) is 11.7 Å². The van der Waals surface area contributed by atoms with Crippen molar-refractivity contribution in [3.63, 3.8) is 0 Å². The van der Waals surface area contributed by atoms with E-state index >= 15 is 0 Å². The zero-order valence-corrected chi connectivity index (χ0v) is 17.3. The maximum atomic E-state index is 13.4. The summed E-state index contributed by atoms with van der Waals surface area (Å²) in [5.74, 6) is 0.395. The van der Waals surface area contributed by atoms with Crippen molar-refractivity contribution in [3.8, 4) is 5.75 Å². The first-order valence-corrected chi connectivity index (χ1v) is 10.2. The van der Waals surface area contributed by atoms with Crippen molar-refractivity contribution in [2.45, 2.75) is 5.33 Å². The minimum atomic E-state index is -0.162. The predicted octanol–water partition coefficient (Wildman–Crippen LogP) is 5.46. The Kier molecular flexibility index (Phi) is 5.32. The van der Waals surface area contributed by atoms with E-state index < -0.39 is 0 Å². The molecule has 0 amide bonds. The number of nitrogens with zero attached hydrogens (tertiary/aromatic N) is 1. The number of halogens is 1. The standard InChI is InChI=1S/C24H18BrNO3/c1-29-18-13-11-16(12-14-18)23(27)22-19-9-5-6-10-20(19)26(21(22)15-25)24(28)17-7-3-2-4-8-17/h2-14H,15H2,1H3. The van der Waals surface area contributed by atoms with Gasteiger partial charge in [0.05, 0.1) is 18.2 Å². The second kappa shape index (κ2) is 8.05. The molecule has 0 spiro atoms. The number of para-hydroxylation sites is 1. The highest BCUT2D eigenvalue weighted by molar-refractivity contribution is 9.08. The Hall–Kier alpha value is -3.18. The number of aromatic nitrogens is 1. The van der Waals surface area contributed by atoms with E-state index in [4.69, 9.17) is 4.74 Å². The SMILES string of the molecule is COc1ccc(C(=O)c2c(CBr)n(C(=O)c3ccccc3)c3ccccc23)cc1. The molecule has 29 heavy (non-hydrogen) atoms. The second-order valence-electron chi connectivity index (χ2n) is 6.54. The smallest absolute Gasteiger partial charge is 0.262 e. The number of hydrogen-bond donors (Lipinski definition) is 0. The number of alkyl halides is 1. The lowest BCUT2D eigenvalue weighted by atomic mass is 10.0. The monoisotopic (exact) mass is 447 g/mol. The minimum Gasteiger partial charge on any atom is -0.497 e. The molecule has 0 radical (unpaired) electrons. The molecular weight excluding hydrogens is 430 g/mol. The molecule has 1 heterocycles.